The summed E-state index contributed by atoms with van der Waals surface area (Å²) in [5, 5.41) is 20.4. The van der Waals surface area contributed by atoms with Crippen molar-refractivity contribution in [2.24, 2.45) is 0 Å². The van der Waals surface area contributed by atoms with Gasteiger partial charge in [-0.05, 0) is 30.2 Å². The summed E-state index contributed by atoms with van der Waals surface area (Å²) in [5.41, 5.74) is -0.0684. The van der Waals surface area contributed by atoms with E-state index in [1.54, 1.807) is 41.3 Å². The van der Waals surface area contributed by atoms with E-state index in [0.29, 0.717) is 41.2 Å². The Bertz CT molecular complexity index is 800. The molecule has 0 spiro atoms. The lowest BCUT2D eigenvalue weighted by Crippen LogP contribution is -2.41. The van der Waals surface area contributed by atoms with E-state index in [0.717, 1.165) is 0 Å². The molecule has 1 unspecified atom stereocenters. The first-order chi connectivity index (χ1) is 11.1. The van der Waals surface area contributed by atoms with Gasteiger partial charge in [0.05, 0.1) is 11.8 Å². The Kier molecular flexibility index (Phi) is 4.08. The van der Waals surface area contributed by atoms with Gasteiger partial charge in [0.1, 0.15) is 0 Å². The molecule has 0 bridgehead atoms. The van der Waals surface area contributed by atoms with Crippen LogP contribution in [0.3, 0.4) is 0 Å². The molecule has 2 aromatic carbocycles. The fraction of sp³-hybridized carbons (Fsp3) is 0.222. The molecule has 0 saturated heterocycles. The predicted molar refractivity (Wildman–Crippen MR) is 88.1 cm³/mol. The fourth-order valence-corrected chi connectivity index (χ4v) is 3.16. The zero-order chi connectivity index (χ0) is 16.4. The molecule has 116 valence electrons. The van der Waals surface area contributed by atoms with Gasteiger partial charge in [0.15, 0.2) is 5.60 Å². The highest BCUT2D eigenvalue weighted by Crippen LogP contribution is 2.44. The quantitative estimate of drug-likeness (QED) is 0.877. The third kappa shape index (κ3) is 2.48. The minimum atomic E-state index is -1.74. The normalized spacial score (nSPS) is 19.5. The molecule has 0 saturated carbocycles. The van der Waals surface area contributed by atoms with E-state index in [2.05, 4.69) is 6.07 Å². The zero-order valence-electron chi connectivity index (χ0n) is 12.4. The van der Waals surface area contributed by atoms with Crippen molar-refractivity contribution < 1.29 is 9.90 Å². The van der Waals surface area contributed by atoms with Crippen molar-refractivity contribution in [2.75, 3.05) is 11.4 Å². The van der Waals surface area contributed by atoms with Crippen molar-refractivity contribution in [3.05, 3.63) is 64.7 Å². The van der Waals surface area contributed by atoms with Crippen molar-refractivity contribution in [1.29, 1.82) is 5.26 Å². The van der Waals surface area contributed by atoms with Crippen molar-refractivity contribution in [1.82, 2.24) is 0 Å². The minimum absolute atomic E-state index is 0.363. The molecular formula is C18H15ClN2O2. The van der Waals surface area contributed by atoms with Crippen molar-refractivity contribution in [3.8, 4) is 6.07 Å². The number of fused-ring (bicyclic) bond motifs is 1. The molecule has 5 heteroatoms. The fourth-order valence-electron chi connectivity index (χ4n) is 2.97. The molecule has 0 radical (unpaired) electrons. The van der Waals surface area contributed by atoms with E-state index in [-0.39, 0.29) is 0 Å². The number of aliphatic hydroxyl groups is 1. The second-order valence-corrected chi connectivity index (χ2v) is 5.89. The number of nitrogens with zero attached hydrogens (tertiary/aromatic N) is 2. The standard InChI is InChI=1S/C18H15ClN2O2/c19-14-7-5-6-13(12-14)18(23)15-8-1-2-9-16(15)21(17(18)22)11-4-3-10-20/h1-2,5-9,12,23H,3-4,11H2. The van der Waals surface area contributed by atoms with Crippen molar-refractivity contribution >= 4 is 23.2 Å². The largest absolute Gasteiger partial charge is 0.372 e. The first kappa shape index (κ1) is 15.5. The number of hydrogen-bond acceptors (Lipinski definition) is 3. The third-order valence-electron chi connectivity index (χ3n) is 4.05. The number of hydrogen-bond donors (Lipinski definition) is 1. The van der Waals surface area contributed by atoms with Crippen LogP contribution in [0.15, 0.2) is 48.5 Å². The van der Waals surface area contributed by atoms with E-state index < -0.39 is 11.5 Å². The van der Waals surface area contributed by atoms with Crippen LogP contribution in [0.2, 0.25) is 5.02 Å². The Labute approximate surface area is 139 Å². The predicted octanol–water partition coefficient (Wildman–Crippen LogP) is 3.23. The van der Waals surface area contributed by atoms with Gasteiger partial charge in [-0.15, -0.1) is 0 Å². The third-order valence-corrected chi connectivity index (χ3v) is 4.29. The highest BCUT2D eigenvalue weighted by atomic mass is 35.5. The summed E-state index contributed by atoms with van der Waals surface area (Å²) in [6, 6.07) is 16.0. The van der Waals surface area contributed by atoms with E-state index in [1.807, 2.05) is 12.1 Å². The van der Waals surface area contributed by atoms with Crippen molar-refractivity contribution in [3.63, 3.8) is 0 Å². The Morgan fingerprint density at radius 3 is 2.74 bits per heavy atom. The summed E-state index contributed by atoms with van der Waals surface area (Å²) in [7, 11) is 0. The van der Waals surface area contributed by atoms with Crippen LogP contribution < -0.4 is 4.90 Å². The molecule has 1 N–H and O–H groups in total. The number of halogens is 1. The molecule has 1 aliphatic rings. The van der Waals surface area contributed by atoms with Crippen LogP contribution in [0.1, 0.15) is 24.0 Å². The summed E-state index contributed by atoms with van der Waals surface area (Å²) in [6.07, 6.45) is 0.920. The zero-order valence-corrected chi connectivity index (χ0v) is 13.1. The monoisotopic (exact) mass is 326 g/mol. The maximum atomic E-state index is 12.9. The number of carbonyl (C=O) groups is 1. The lowest BCUT2D eigenvalue weighted by atomic mass is 9.87. The number of carbonyl (C=O) groups excluding carboxylic acids is 1. The Morgan fingerprint density at radius 2 is 2.00 bits per heavy atom. The van der Waals surface area contributed by atoms with E-state index >= 15 is 0 Å². The maximum Gasteiger partial charge on any atom is 0.268 e. The summed E-state index contributed by atoms with van der Waals surface area (Å²) in [4.78, 5) is 14.5. The lowest BCUT2D eigenvalue weighted by Gasteiger charge is -2.23. The molecule has 23 heavy (non-hydrogen) atoms. The highest BCUT2D eigenvalue weighted by molar-refractivity contribution is 6.30. The maximum absolute atomic E-state index is 12.9. The summed E-state index contributed by atoms with van der Waals surface area (Å²) in [5.74, 6) is -0.404. The van der Waals surface area contributed by atoms with Gasteiger partial charge in [0, 0.05) is 23.6 Å². The molecule has 1 heterocycles. The Morgan fingerprint density at radius 1 is 1.22 bits per heavy atom. The van der Waals surface area contributed by atoms with Gasteiger partial charge in [-0.1, -0.05) is 41.9 Å². The second kappa shape index (κ2) is 6.04. The van der Waals surface area contributed by atoms with E-state index in [9.17, 15) is 9.90 Å². The van der Waals surface area contributed by atoms with Crippen LogP contribution in [0.5, 0.6) is 0 Å². The molecule has 1 aliphatic heterocycles. The van der Waals surface area contributed by atoms with Gasteiger partial charge in [-0.2, -0.15) is 5.26 Å². The molecule has 0 aromatic heterocycles. The van der Waals surface area contributed by atoms with Gasteiger partial charge in [0.2, 0.25) is 0 Å². The summed E-state index contributed by atoms with van der Waals surface area (Å²) >= 11 is 6.03. The van der Waals surface area contributed by atoms with Crippen molar-refractivity contribution in [2.45, 2.75) is 18.4 Å². The van der Waals surface area contributed by atoms with Crippen LogP contribution in [0.25, 0.3) is 0 Å². The van der Waals surface area contributed by atoms with Gasteiger partial charge >= 0.3 is 0 Å². The topological polar surface area (TPSA) is 64.3 Å². The molecule has 2 aromatic rings. The van der Waals surface area contributed by atoms with Crippen LogP contribution >= 0.6 is 11.6 Å². The van der Waals surface area contributed by atoms with Crippen LogP contribution in [-0.4, -0.2) is 17.6 Å². The Balaban J connectivity index is 2.08. The summed E-state index contributed by atoms with van der Waals surface area (Å²) < 4.78 is 0. The molecule has 3 rings (SSSR count). The molecular weight excluding hydrogens is 312 g/mol. The van der Waals surface area contributed by atoms with E-state index in [4.69, 9.17) is 16.9 Å². The molecule has 4 nitrogen and oxygen atoms in total. The van der Waals surface area contributed by atoms with E-state index in [1.165, 1.54) is 0 Å². The number of para-hydroxylation sites is 1. The molecule has 0 fully saturated rings. The number of nitriles is 1. The highest BCUT2D eigenvalue weighted by Gasteiger charge is 2.50. The molecule has 0 aliphatic carbocycles. The number of amides is 1. The first-order valence-corrected chi connectivity index (χ1v) is 7.73. The van der Waals surface area contributed by atoms with Gasteiger partial charge in [-0.25, -0.2) is 0 Å². The lowest BCUT2D eigenvalue weighted by molar-refractivity contribution is -0.132. The first-order valence-electron chi connectivity index (χ1n) is 7.36. The number of anilines is 1. The molecule has 1 atom stereocenters. The van der Waals surface area contributed by atoms with Gasteiger partial charge in [-0.3, -0.25) is 4.79 Å². The smallest absolute Gasteiger partial charge is 0.268 e. The second-order valence-electron chi connectivity index (χ2n) is 5.46. The van der Waals surface area contributed by atoms with Crippen LogP contribution in [0.4, 0.5) is 5.69 Å². The Hall–Kier alpha value is -2.35. The van der Waals surface area contributed by atoms with Crippen LogP contribution in [0, 0.1) is 11.3 Å². The SMILES string of the molecule is N#CCCCN1C(=O)C(O)(c2cccc(Cl)c2)c2ccccc21. The van der Waals surface area contributed by atoms with Gasteiger partial charge < -0.3 is 10.0 Å². The average molecular weight is 327 g/mol. The number of rotatable bonds is 4. The van der Waals surface area contributed by atoms with Crippen LogP contribution in [-0.2, 0) is 10.4 Å². The molecule has 1 amide bonds. The minimum Gasteiger partial charge on any atom is -0.372 e. The van der Waals surface area contributed by atoms with Gasteiger partial charge in [0.25, 0.3) is 5.91 Å². The number of unbranched alkanes of at least 4 members (excludes halogenated alkanes) is 1. The summed E-state index contributed by atoms with van der Waals surface area (Å²) in [6.45, 7) is 0.395. The number of benzene rings is 2. The average Bonchev–Trinajstić information content (AvgIpc) is 2.78.